The zero-order chi connectivity index (χ0) is 23.7. The van der Waals surface area contributed by atoms with E-state index in [1.807, 2.05) is 43.3 Å². The molecule has 2 aromatic rings. The van der Waals surface area contributed by atoms with Crippen LogP contribution in [-0.4, -0.2) is 54.2 Å². The van der Waals surface area contributed by atoms with Crippen LogP contribution in [0.2, 0.25) is 0 Å². The molecule has 7 heteroatoms. The summed E-state index contributed by atoms with van der Waals surface area (Å²) in [5, 5.41) is 11.4. The number of carbonyl (C=O) groups excluding carboxylic acids is 2. The molecule has 0 saturated carbocycles. The third-order valence-electron chi connectivity index (χ3n) is 6.63. The van der Waals surface area contributed by atoms with E-state index in [2.05, 4.69) is 0 Å². The Hall–Kier alpha value is -3.32. The lowest BCUT2D eigenvalue weighted by atomic mass is 9.93. The van der Waals surface area contributed by atoms with Gasteiger partial charge in [-0.2, -0.15) is 0 Å². The molecule has 3 heterocycles. The highest BCUT2D eigenvalue weighted by Gasteiger charge is 2.47. The highest BCUT2D eigenvalue weighted by Crippen LogP contribution is 2.41. The SMILES string of the molecule is CCOc1cccc(C2/C(=C(/O)c3ccc4c(c3)CCCO4)C(=O)C(=O)N2CC2CCCO2)c1. The number of benzene rings is 2. The second-order valence-electron chi connectivity index (χ2n) is 8.87. The van der Waals surface area contributed by atoms with Gasteiger partial charge in [-0.05, 0) is 74.1 Å². The van der Waals surface area contributed by atoms with Crippen molar-refractivity contribution in [3.8, 4) is 11.5 Å². The molecular weight excluding hydrogens is 434 g/mol. The van der Waals surface area contributed by atoms with Crippen LogP contribution in [-0.2, 0) is 20.7 Å². The predicted octanol–water partition coefficient (Wildman–Crippen LogP) is 4.01. The molecule has 5 rings (SSSR count). The number of ether oxygens (including phenoxy) is 3. The number of ketones is 1. The van der Waals surface area contributed by atoms with E-state index in [1.54, 1.807) is 6.07 Å². The molecule has 34 heavy (non-hydrogen) atoms. The van der Waals surface area contributed by atoms with Crippen LogP contribution in [0.25, 0.3) is 5.76 Å². The average Bonchev–Trinajstić information content (AvgIpc) is 3.46. The van der Waals surface area contributed by atoms with Crippen LogP contribution in [0.15, 0.2) is 48.0 Å². The smallest absolute Gasteiger partial charge is 0.295 e. The van der Waals surface area contributed by atoms with Crippen LogP contribution in [0, 0.1) is 0 Å². The van der Waals surface area contributed by atoms with Crippen LogP contribution in [0.5, 0.6) is 11.5 Å². The van der Waals surface area contributed by atoms with Crippen molar-refractivity contribution in [3.05, 3.63) is 64.7 Å². The van der Waals surface area contributed by atoms with Gasteiger partial charge in [-0.3, -0.25) is 9.59 Å². The number of amides is 1. The Morgan fingerprint density at radius 2 is 2.03 bits per heavy atom. The molecular formula is C27H29NO6. The van der Waals surface area contributed by atoms with Gasteiger partial charge in [0.25, 0.3) is 11.7 Å². The summed E-state index contributed by atoms with van der Waals surface area (Å²) in [6.07, 6.45) is 3.36. The van der Waals surface area contributed by atoms with Crippen LogP contribution in [0.1, 0.15) is 48.9 Å². The fraction of sp³-hybridized carbons (Fsp3) is 0.407. The minimum Gasteiger partial charge on any atom is -0.507 e. The summed E-state index contributed by atoms with van der Waals surface area (Å²) in [4.78, 5) is 28.0. The summed E-state index contributed by atoms with van der Waals surface area (Å²) in [7, 11) is 0. The molecule has 0 aliphatic carbocycles. The van der Waals surface area contributed by atoms with Gasteiger partial charge in [0.2, 0.25) is 0 Å². The van der Waals surface area contributed by atoms with Gasteiger partial charge in [0, 0.05) is 18.7 Å². The first-order chi connectivity index (χ1) is 16.6. The number of aliphatic hydroxyl groups is 1. The Bertz CT molecular complexity index is 1130. The maximum atomic E-state index is 13.3. The molecule has 2 aromatic carbocycles. The van der Waals surface area contributed by atoms with Gasteiger partial charge in [-0.15, -0.1) is 0 Å². The molecule has 0 bridgehead atoms. The van der Waals surface area contributed by atoms with E-state index in [0.29, 0.717) is 43.2 Å². The Balaban J connectivity index is 1.60. The lowest BCUT2D eigenvalue weighted by Gasteiger charge is -2.27. The van der Waals surface area contributed by atoms with E-state index in [4.69, 9.17) is 14.2 Å². The number of nitrogens with zero attached hydrogens (tertiary/aromatic N) is 1. The Morgan fingerprint density at radius 3 is 2.82 bits per heavy atom. The molecule has 178 valence electrons. The maximum absolute atomic E-state index is 13.3. The molecule has 2 saturated heterocycles. The second-order valence-corrected chi connectivity index (χ2v) is 8.87. The van der Waals surface area contributed by atoms with Crippen molar-refractivity contribution >= 4 is 17.4 Å². The third kappa shape index (κ3) is 4.16. The van der Waals surface area contributed by atoms with Crippen LogP contribution in [0.3, 0.4) is 0 Å². The Labute approximate surface area is 198 Å². The first-order valence-electron chi connectivity index (χ1n) is 12.0. The highest BCUT2D eigenvalue weighted by molar-refractivity contribution is 6.46. The van der Waals surface area contributed by atoms with Crippen LogP contribution >= 0.6 is 0 Å². The molecule has 2 fully saturated rings. The second kappa shape index (κ2) is 9.50. The number of hydrogen-bond acceptors (Lipinski definition) is 6. The van der Waals surface area contributed by atoms with Crippen molar-refractivity contribution in [3.63, 3.8) is 0 Å². The minimum absolute atomic E-state index is 0.0910. The molecule has 3 aliphatic heterocycles. The van der Waals surface area contributed by atoms with Gasteiger partial charge in [0.1, 0.15) is 17.3 Å². The Morgan fingerprint density at radius 1 is 1.15 bits per heavy atom. The largest absolute Gasteiger partial charge is 0.507 e. The summed E-state index contributed by atoms with van der Waals surface area (Å²) in [5.74, 6) is -0.0361. The third-order valence-corrected chi connectivity index (χ3v) is 6.63. The van der Waals surface area contributed by atoms with Crippen LogP contribution < -0.4 is 9.47 Å². The zero-order valence-corrected chi connectivity index (χ0v) is 19.3. The van der Waals surface area contributed by atoms with Gasteiger partial charge in [-0.1, -0.05) is 12.1 Å². The number of aryl methyl sites for hydroxylation is 1. The van der Waals surface area contributed by atoms with Gasteiger partial charge < -0.3 is 24.2 Å². The standard InChI is InChI=1S/C27H29NO6/c1-2-32-20-8-3-6-18(15-20)24-23(26(30)27(31)28(24)16-21-9-5-12-33-21)25(29)19-10-11-22-17(14-19)7-4-13-34-22/h3,6,8,10-11,14-15,21,24,29H,2,4-5,7,9,12-13,16H2,1H3/b25-23-. The Kier molecular flexibility index (Phi) is 6.28. The number of likely N-dealkylation sites (tertiary alicyclic amines) is 1. The van der Waals surface area contributed by atoms with Crippen LogP contribution in [0.4, 0.5) is 0 Å². The van der Waals surface area contributed by atoms with E-state index in [-0.39, 0.29) is 17.4 Å². The van der Waals surface area contributed by atoms with Crippen molar-refractivity contribution in [2.24, 2.45) is 0 Å². The van der Waals surface area contributed by atoms with E-state index in [1.165, 1.54) is 4.90 Å². The zero-order valence-electron chi connectivity index (χ0n) is 19.3. The summed E-state index contributed by atoms with van der Waals surface area (Å²) in [6, 6.07) is 12.0. The number of Topliss-reactive ketones (excluding diaryl/α,β-unsaturated/α-hetero) is 1. The molecule has 2 unspecified atom stereocenters. The van der Waals surface area contributed by atoms with Gasteiger partial charge in [0.15, 0.2) is 0 Å². The van der Waals surface area contributed by atoms with E-state index >= 15 is 0 Å². The first-order valence-corrected chi connectivity index (χ1v) is 12.0. The van der Waals surface area contributed by atoms with Crippen molar-refractivity contribution in [2.75, 3.05) is 26.4 Å². The topological polar surface area (TPSA) is 85.3 Å². The molecule has 0 aromatic heterocycles. The van der Waals surface area contributed by atoms with Crippen molar-refractivity contribution in [1.82, 2.24) is 4.90 Å². The van der Waals surface area contributed by atoms with E-state index in [9.17, 15) is 14.7 Å². The average molecular weight is 464 g/mol. The number of fused-ring (bicyclic) bond motifs is 1. The van der Waals surface area contributed by atoms with Gasteiger partial charge >= 0.3 is 0 Å². The van der Waals surface area contributed by atoms with Crippen molar-refractivity contribution in [2.45, 2.75) is 44.8 Å². The minimum atomic E-state index is -0.725. The summed E-state index contributed by atoms with van der Waals surface area (Å²) in [6.45, 7) is 4.01. The first kappa shape index (κ1) is 22.5. The van der Waals surface area contributed by atoms with Crippen molar-refractivity contribution in [1.29, 1.82) is 0 Å². The number of carbonyl (C=O) groups is 2. The molecule has 7 nitrogen and oxygen atoms in total. The monoisotopic (exact) mass is 463 g/mol. The molecule has 0 spiro atoms. The fourth-order valence-corrected chi connectivity index (χ4v) is 5.03. The molecule has 1 amide bonds. The lowest BCUT2D eigenvalue weighted by molar-refractivity contribution is -0.140. The molecule has 1 N–H and O–H groups in total. The van der Waals surface area contributed by atoms with Crippen molar-refractivity contribution < 1.29 is 28.9 Å². The maximum Gasteiger partial charge on any atom is 0.295 e. The van der Waals surface area contributed by atoms with E-state index < -0.39 is 17.7 Å². The predicted molar refractivity (Wildman–Crippen MR) is 126 cm³/mol. The number of rotatable bonds is 6. The summed E-state index contributed by atoms with van der Waals surface area (Å²) >= 11 is 0. The molecule has 2 atom stereocenters. The lowest BCUT2D eigenvalue weighted by Crippen LogP contribution is -2.36. The van der Waals surface area contributed by atoms with E-state index in [0.717, 1.165) is 37.0 Å². The normalized spacial score (nSPS) is 23.6. The van der Waals surface area contributed by atoms with Gasteiger partial charge in [0.05, 0.1) is 30.9 Å². The molecule has 0 radical (unpaired) electrons. The van der Waals surface area contributed by atoms with Gasteiger partial charge in [-0.25, -0.2) is 0 Å². The summed E-state index contributed by atoms with van der Waals surface area (Å²) in [5.41, 5.74) is 2.29. The number of aliphatic hydroxyl groups excluding tert-OH is 1. The molecule has 3 aliphatic rings. The number of hydrogen-bond donors (Lipinski definition) is 1. The highest BCUT2D eigenvalue weighted by atomic mass is 16.5. The summed E-state index contributed by atoms with van der Waals surface area (Å²) < 4.78 is 17.1. The fourth-order valence-electron chi connectivity index (χ4n) is 5.03. The quantitative estimate of drug-likeness (QED) is 0.396.